The van der Waals surface area contributed by atoms with Gasteiger partial charge >= 0.3 is 5.97 Å². The molecule has 0 saturated carbocycles. The average molecular weight is 241 g/mol. The number of nitrogens with two attached hydrogens (primary N) is 1. The van der Waals surface area contributed by atoms with Gasteiger partial charge in [-0.15, -0.1) is 0 Å². The van der Waals surface area contributed by atoms with Gasteiger partial charge in [0.1, 0.15) is 17.1 Å². The van der Waals surface area contributed by atoms with E-state index in [0.29, 0.717) is 0 Å². The molecular formula is C11H12FNO4. The lowest BCUT2D eigenvalue weighted by molar-refractivity contribution is -0.152. The minimum atomic E-state index is -1.59. The second kappa shape index (κ2) is 4.40. The third kappa shape index (κ3) is 2.72. The lowest BCUT2D eigenvalue weighted by Crippen LogP contribution is -2.38. The van der Waals surface area contributed by atoms with Crippen LogP contribution in [0.25, 0.3) is 0 Å². The normalized spacial score (nSPS) is 11.0. The molecule has 0 bridgehead atoms. The van der Waals surface area contributed by atoms with Crippen molar-refractivity contribution in [2.75, 3.05) is 0 Å². The number of carbonyl (C=O) groups is 2. The van der Waals surface area contributed by atoms with E-state index in [1.807, 2.05) is 0 Å². The largest absolute Gasteiger partial charge is 0.478 e. The van der Waals surface area contributed by atoms with Crippen LogP contribution in [0.5, 0.6) is 5.75 Å². The van der Waals surface area contributed by atoms with Crippen LogP contribution >= 0.6 is 0 Å². The van der Waals surface area contributed by atoms with Crippen molar-refractivity contribution < 1.29 is 23.8 Å². The molecule has 1 aromatic rings. The van der Waals surface area contributed by atoms with Crippen molar-refractivity contribution >= 4 is 11.9 Å². The molecule has 3 N–H and O–H groups in total. The molecule has 0 heterocycles. The van der Waals surface area contributed by atoms with Crippen LogP contribution in [0, 0.1) is 5.82 Å². The van der Waals surface area contributed by atoms with Crippen molar-refractivity contribution in [3.8, 4) is 5.75 Å². The minimum absolute atomic E-state index is 0.190. The number of aliphatic carboxylic acids is 1. The molecule has 0 aliphatic rings. The molecule has 0 aliphatic carbocycles. The molecule has 6 heteroatoms. The molecule has 17 heavy (non-hydrogen) atoms. The van der Waals surface area contributed by atoms with Crippen molar-refractivity contribution in [3.63, 3.8) is 0 Å². The Hall–Kier alpha value is -2.11. The molecule has 0 aliphatic heterocycles. The molecule has 0 unspecified atom stereocenters. The fraction of sp³-hybridized carbons (Fsp3) is 0.273. The summed E-state index contributed by atoms with van der Waals surface area (Å²) in [5, 5.41) is 8.87. The zero-order valence-corrected chi connectivity index (χ0v) is 9.36. The van der Waals surface area contributed by atoms with Gasteiger partial charge in [0.15, 0.2) is 5.60 Å². The van der Waals surface area contributed by atoms with Crippen LogP contribution < -0.4 is 10.5 Å². The summed E-state index contributed by atoms with van der Waals surface area (Å²) in [4.78, 5) is 21.9. The topological polar surface area (TPSA) is 89.6 Å². The molecule has 1 rings (SSSR count). The van der Waals surface area contributed by atoms with E-state index in [4.69, 9.17) is 15.6 Å². The number of hydrogen-bond donors (Lipinski definition) is 2. The molecule has 0 fully saturated rings. The molecule has 5 nitrogen and oxygen atoms in total. The Labute approximate surface area is 97.0 Å². The maximum Gasteiger partial charge on any atom is 0.347 e. The van der Waals surface area contributed by atoms with E-state index in [1.54, 1.807) is 0 Å². The molecule has 0 radical (unpaired) electrons. The standard InChI is InChI=1S/C11H12FNO4/c1-11(2,10(15)16)17-7-5-3-4-6(12)8(7)9(13)14/h3-5H,1-2H3,(H2,13,14)(H,15,16). The molecule has 0 saturated heterocycles. The van der Waals surface area contributed by atoms with E-state index in [0.717, 1.165) is 6.07 Å². The number of halogens is 1. The van der Waals surface area contributed by atoms with Gasteiger partial charge in [-0.25, -0.2) is 9.18 Å². The molecule has 1 amide bonds. The summed E-state index contributed by atoms with van der Waals surface area (Å²) in [5.41, 5.74) is 2.96. The molecule has 0 atom stereocenters. The Morgan fingerprint density at radius 1 is 1.41 bits per heavy atom. The third-order valence-corrected chi connectivity index (χ3v) is 2.10. The van der Waals surface area contributed by atoms with Gasteiger partial charge in [-0.1, -0.05) is 6.07 Å². The van der Waals surface area contributed by atoms with Gasteiger partial charge in [0.2, 0.25) is 0 Å². The van der Waals surface area contributed by atoms with Crippen LogP contribution in [0.4, 0.5) is 4.39 Å². The van der Waals surface area contributed by atoms with Crippen molar-refractivity contribution in [2.45, 2.75) is 19.4 Å². The molecule has 1 aromatic carbocycles. The zero-order chi connectivity index (χ0) is 13.2. The van der Waals surface area contributed by atoms with Gasteiger partial charge in [0, 0.05) is 0 Å². The lowest BCUT2D eigenvalue weighted by atomic mass is 10.1. The summed E-state index contributed by atoms with van der Waals surface area (Å²) in [6, 6.07) is 3.63. The Morgan fingerprint density at radius 2 is 2.00 bits per heavy atom. The number of ether oxygens (including phenoxy) is 1. The highest BCUT2D eigenvalue weighted by Gasteiger charge is 2.31. The fourth-order valence-corrected chi connectivity index (χ4v) is 1.15. The average Bonchev–Trinajstić information content (AvgIpc) is 2.15. The second-order valence-electron chi connectivity index (χ2n) is 3.89. The summed E-state index contributed by atoms with van der Waals surface area (Å²) >= 11 is 0. The maximum atomic E-state index is 13.3. The maximum absolute atomic E-state index is 13.3. The van der Waals surface area contributed by atoms with Gasteiger partial charge in [0.25, 0.3) is 5.91 Å². The van der Waals surface area contributed by atoms with E-state index in [2.05, 4.69) is 0 Å². The predicted molar refractivity (Wildman–Crippen MR) is 57.3 cm³/mol. The smallest absolute Gasteiger partial charge is 0.347 e. The first kappa shape index (κ1) is 13.0. The van der Waals surface area contributed by atoms with Gasteiger partial charge < -0.3 is 15.6 Å². The van der Waals surface area contributed by atoms with Crippen molar-refractivity contribution in [1.29, 1.82) is 0 Å². The highest BCUT2D eigenvalue weighted by molar-refractivity contribution is 5.96. The number of carboxylic acids is 1. The molecule has 0 spiro atoms. The number of carbonyl (C=O) groups excluding carboxylic acids is 1. The summed E-state index contributed by atoms with van der Waals surface area (Å²) in [5.74, 6) is -3.29. The molecule has 0 aromatic heterocycles. The van der Waals surface area contributed by atoms with Crippen molar-refractivity contribution in [3.05, 3.63) is 29.6 Å². The summed E-state index contributed by atoms with van der Waals surface area (Å²) in [6.07, 6.45) is 0. The second-order valence-corrected chi connectivity index (χ2v) is 3.89. The van der Waals surface area contributed by atoms with Crippen LogP contribution in [-0.4, -0.2) is 22.6 Å². The number of carboxylic acid groups (broad SMARTS) is 1. The molecule has 92 valence electrons. The van der Waals surface area contributed by atoms with Crippen molar-refractivity contribution in [1.82, 2.24) is 0 Å². The van der Waals surface area contributed by atoms with E-state index in [1.165, 1.54) is 26.0 Å². The number of primary amides is 1. The number of benzene rings is 1. The number of amides is 1. The van der Waals surface area contributed by atoms with Crippen LogP contribution in [0.3, 0.4) is 0 Å². The summed E-state index contributed by atoms with van der Waals surface area (Å²) in [7, 11) is 0. The van der Waals surface area contributed by atoms with Crippen LogP contribution in [0.2, 0.25) is 0 Å². The quantitative estimate of drug-likeness (QED) is 0.827. The van der Waals surface area contributed by atoms with E-state index in [-0.39, 0.29) is 5.75 Å². The Kier molecular flexibility index (Phi) is 3.36. The van der Waals surface area contributed by atoms with Gasteiger partial charge in [-0.3, -0.25) is 4.79 Å². The first-order valence-corrected chi connectivity index (χ1v) is 4.76. The summed E-state index contributed by atoms with van der Waals surface area (Å²) < 4.78 is 18.4. The minimum Gasteiger partial charge on any atom is -0.478 e. The third-order valence-electron chi connectivity index (χ3n) is 2.10. The Balaban J connectivity index is 3.20. The Bertz CT molecular complexity index is 471. The van der Waals surface area contributed by atoms with E-state index in [9.17, 15) is 14.0 Å². The van der Waals surface area contributed by atoms with Crippen LogP contribution in [0.15, 0.2) is 18.2 Å². The zero-order valence-electron chi connectivity index (χ0n) is 9.36. The Morgan fingerprint density at radius 3 is 2.47 bits per heavy atom. The van der Waals surface area contributed by atoms with Crippen LogP contribution in [-0.2, 0) is 4.79 Å². The van der Waals surface area contributed by atoms with Gasteiger partial charge in [-0.2, -0.15) is 0 Å². The number of hydrogen-bond acceptors (Lipinski definition) is 3. The van der Waals surface area contributed by atoms with Crippen LogP contribution in [0.1, 0.15) is 24.2 Å². The molecular weight excluding hydrogens is 229 g/mol. The predicted octanol–water partition coefficient (Wildman–Crippen LogP) is 1.17. The van der Waals surface area contributed by atoms with E-state index >= 15 is 0 Å². The first-order chi connectivity index (χ1) is 7.75. The lowest BCUT2D eigenvalue weighted by Gasteiger charge is -2.22. The number of rotatable bonds is 4. The van der Waals surface area contributed by atoms with E-state index < -0.39 is 28.9 Å². The fourth-order valence-electron chi connectivity index (χ4n) is 1.15. The highest BCUT2D eigenvalue weighted by Crippen LogP contribution is 2.25. The highest BCUT2D eigenvalue weighted by atomic mass is 19.1. The first-order valence-electron chi connectivity index (χ1n) is 4.76. The van der Waals surface area contributed by atoms with Gasteiger partial charge in [0.05, 0.1) is 0 Å². The monoisotopic (exact) mass is 241 g/mol. The summed E-state index contributed by atoms with van der Waals surface area (Å²) in [6.45, 7) is 2.57. The van der Waals surface area contributed by atoms with Crippen molar-refractivity contribution in [2.24, 2.45) is 5.73 Å². The SMILES string of the molecule is CC(C)(Oc1cccc(F)c1C(N)=O)C(=O)O. The van der Waals surface area contributed by atoms with Gasteiger partial charge in [-0.05, 0) is 26.0 Å².